The van der Waals surface area contributed by atoms with Gasteiger partial charge in [0.1, 0.15) is 10.3 Å². The summed E-state index contributed by atoms with van der Waals surface area (Å²) in [7, 11) is -1.95. The summed E-state index contributed by atoms with van der Waals surface area (Å²) in [5.74, 6) is 0.210. The third-order valence-corrected chi connectivity index (χ3v) is 6.73. The maximum atomic E-state index is 12.8. The highest BCUT2D eigenvalue weighted by molar-refractivity contribution is 9.10. The number of imidazole rings is 1. The number of halogens is 4. The number of pyridine rings is 1. The lowest BCUT2D eigenvalue weighted by molar-refractivity contribution is -0.137. The van der Waals surface area contributed by atoms with Crippen LogP contribution in [0.15, 0.2) is 52.2 Å². The van der Waals surface area contributed by atoms with Crippen molar-refractivity contribution in [1.29, 1.82) is 0 Å². The van der Waals surface area contributed by atoms with Crippen LogP contribution in [0.2, 0.25) is 0 Å². The molecule has 0 saturated heterocycles. The highest BCUT2D eigenvalue weighted by atomic mass is 79.9. The largest absolute Gasteiger partial charge is 0.416 e. The Morgan fingerprint density at radius 1 is 1.07 bits per heavy atom. The lowest BCUT2D eigenvalue weighted by Crippen LogP contribution is -2.09. The molecule has 0 radical (unpaired) electrons. The SMILES string of the molecule is CCS(=O)(=O)c1cc(-c2ccc(C(F)(F)F)cc2)cnc1-c1ncc(Br)n1C. The predicted molar refractivity (Wildman–Crippen MR) is 102 cm³/mol. The molecule has 0 atom stereocenters. The van der Waals surface area contributed by atoms with Crippen LogP contribution in [0.5, 0.6) is 0 Å². The van der Waals surface area contributed by atoms with E-state index in [0.29, 0.717) is 21.6 Å². The molecular formula is C18H15BrF3N3O2S. The van der Waals surface area contributed by atoms with Crippen molar-refractivity contribution in [1.82, 2.24) is 14.5 Å². The van der Waals surface area contributed by atoms with Crippen molar-refractivity contribution in [3.05, 3.63) is 52.9 Å². The molecule has 10 heteroatoms. The molecule has 3 aromatic rings. The van der Waals surface area contributed by atoms with Crippen molar-refractivity contribution in [3.63, 3.8) is 0 Å². The van der Waals surface area contributed by atoms with Gasteiger partial charge >= 0.3 is 6.18 Å². The smallest absolute Gasteiger partial charge is 0.321 e. The second kappa shape index (κ2) is 7.32. The van der Waals surface area contributed by atoms with Gasteiger partial charge in [-0.2, -0.15) is 13.2 Å². The molecule has 0 aliphatic heterocycles. The van der Waals surface area contributed by atoms with E-state index >= 15 is 0 Å². The Morgan fingerprint density at radius 2 is 1.71 bits per heavy atom. The van der Waals surface area contributed by atoms with Crippen LogP contribution in [0.3, 0.4) is 0 Å². The lowest BCUT2D eigenvalue weighted by Gasteiger charge is -2.12. The van der Waals surface area contributed by atoms with Gasteiger partial charge in [0, 0.05) is 18.8 Å². The topological polar surface area (TPSA) is 64.8 Å². The summed E-state index contributed by atoms with van der Waals surface area (Å²) in [6.07, 6.45) is -1.48. The lowest BCUT2D eigenvalue weighted by atomic mass is 10.0. The third-order valence-electron chi connectivity index (χ3n) is 4.26. The van der Waals surface area contributed by atoms with Crippen LogP contribution >= 0.6 is 15.9 Å². The Kier molecular flexibility index (Phi) is 5.37. The van der Waals surface area contributed by atoms with Crippen LogP contribution in [0.4, 0.5) is 13.2 Å². The minimum atomic E-state index is -4.44. The minimum absolute atomic E-state index is 0.0198. The molecule has 0 amide bonds. The summed E-state index contributed by atoms with van der Waals surface area (Å²) in [6.45, 7) is 1.51. The van der Waals surface area contributed by atoms with Crippen molar-refractivity contribution in [3.8, 4) is 22.6 Å². The first kappa shape index (κ1) is 20.5. The average molecular weight is 474 g/mol. The van der Waals surface area contributed by atoms with Gasteiger partial charge in [0.05, 0.1) is 22.4 Å². The first-order chi connectivity index (χ1) is 13.0. The summed E-state index contributed by atoms with van der Waals surface area (Å²) in [5, 5.41) is 0. The van der Waals surface area contributed by atoms with Gasteiger partial charge in [-0.25, -0.2) is 13.4 Å². The molecular weight excluding hydrogens is 459 g/mol. The maximum Gasteiger partial charge on any atom is 0.416 e. The third kappa shape index (κ3) is 3.83. The first-order valence-corrected chi connectivity index (χ1v) is 10.6. The van der Waals surface area contributed by atoms with Gasteiger partial charge in [-0.05, 0) is 39.7 Å². The van der Waals surface area contributed by atoms with Gasteiger partial charge in [-0.15, -0.1) is 0 Å². The van der Waals surface area contributed by atoms with Crippen LogP contribution in [0, 0.1) is 0 Å². The molecule has 0 saturated carbocycles. The Bertz CT molecular complexity index is 1120. The van der Waals surface area contributed by atoms with E-state index < -0.39 is 21.6 Å². The van der Waals surface area contributed by atoms with E-state index in [4.69, 9.17) is 0 Å². The van der Waals surface area contributed by atoms with Crippen molar-refractivity contribution in [2.24, 2.45) is 7.05 Å². The number of hydrogen-bond donors (Lipinski definition) is 0. The number of hydrogen-bond acceptors (Lipinski definition) is 4. The van der Waals surface area contributed by atoms with Gasteiger partial charge in [-0.3, -0.25) is 4.98 Å². The van der Waals surface area contributed by atoms with Crippen LogP contribution in [0.1, 0.15) is 12.5 Å². The molecule has 0 N–H and O–H groups in total. The monoisotopic (exact) mass is 473 g/mol. The van der Waals surface area contributed by atoms with E-state index in [2.05, 4.69) is 25.9 Å². The van der Waals surface area contributed by atoms with Crippen molar-refractivity contribution in [2.45, 2.75) is 18.0 Å². The van der Waals surface area contributed by atoms with Gasteiger partial charge in [-0.1, -0.05) is 19.1 Å². The fraction of sp³-hybridized carbons (Fsp3) is 0.222. The molecule has 3 rings (SSSR count). The maximum absolute atomic E-state index is 12.8. The van der Waals surface area contributed by atoms with Crippen LogP contribution in [-0.4, -0.2) is 28.7 Å². The van der Waals surface area contributed by atoms with E-state index in [1.165, 1.54) is 37.5 Å². The van der Waals surface area contributed by atoms with E-state index in [0.717, 1.165) is 12.1 Å². The van der Waals surface area contributed by atoms with E-state index in [1.54, 1.807) is 11.6 Å². The molecule has 28 heavy (non-hydrogen) atoms. The van der Waals surface area contributed by atoms with Gasteiger partial charge < -0.3 is 4.57 Å². The quantitative estimate of drug-likeness (QED) is 0.549. The first-order valence-electron chi connectivity index (χ1n) is 8.12. The van der Waals surface area contributed by atoms with E-state index in [9.17, 15) is 21.6 Å². The molecule has 2 heterocycles. The molecule has 0 aliphatic carbocycles. The molecule has 0 aliphatic rings. The Labute approximate surface area is 168 Å². The fourth-order valence-corrected chi connectivity index (χ4v) is 3.95. The Balaban J connectivity index is 2.16. The van der Waals surface area contributed by atoms with E-state index in [-0.39, 0.29) is 16.3 Å². The molecule has 2 aromatic heterocycles. The van der Waals surface area contributed by atoms with Crippen molar-refractivity contribution >= 4 is 25.8 Å². The number of nitrogens with zero attached hydrogens (tertiary/aromatic N) is 3. The molecule has 148 valence electrons. The van der Waals surface area contributed by atoms with Crippen LogP contribution in [0.25, 0.3) is 22.6 Å². The standard InChI is InChI=1S/C18H15BrF3N3O2S/c1-3-28(26,27)14-8-12(11-4-6-13(7-5-11)18(20,21)22)9-23-16(14)17-24-10-15(19)25(17)2/h4-10H,3H2,1-2H3. The zero-order chi connectivity index (χ0) is 20.7. The molecule has 1 aromatic carbocycles. The van der Waals surface area contributed by atoms with Crippen LogP contribution in [-0.2, 0) is 23.1 Å². The Hall–Kier alpha value is -2.20. The zero-order valence-corrected chi connectivity index (χ0v) is 17.2. The highest BCUT2D eigenvalue weighted by Crippen LogP contribution is 2.33. The zero-order valence-electron chi connectivity index (χ0n) is 14.8. The second-order valence-corrected chi connectivity index (χ2v) is 9.07. The fourth-order valence-electron chi connectivity index (χ4n) is 2.62. The number of rotatable bonds is 4. The summed E-state index contributed by atoms with van der Waals surface area (Å²) in [6, 6.07) is 5.91. The van der Waals surface area contributed by atoms with Gasteiger partial charge in [0.2, 0.25) is 0 Å². The average Bonchev–Trinajstić information content (AvgIpc) is 2.99. The van der Waals surface area contributed by atoms with E-state index in [1.807, 2.05) is 0 Å². The molecule has 0 spiro atoms. The highest BCUT2D eigenvalue weighted by Gasteiger charge is 2.30. The summed E-state index contributed by atoms with van der Waals surface area (Å²) in [5.41, 5.74) is 0.240. The summed E-state index contributed by atoms with van der Waals surface area (Å²) >= 11 is 3.31. The second-order valence-electron chi connectivity index (χ2n) is 6.01. The molecule has 0 unspecified atom stereocenters. The molecule has 5 nitrogen and oxygen atoms in total. The van der Waals surface area contributed by atoms with Crippen molar-refractivity contribution < 1.29 is 21.6 Å². The van der Waals surface area contributed by atoms with Crippen LogP contribution < -0.4 is 0 Å². The minimum Gasteiger partial charge on any atom is -0.321 e. The molecule has 0 fully saturated rings. The van der Waals surface area contributed by atoms with Gasteiger partial charge in [0.25, 0.3) is 0 Å². The normalized spacial score (nSPS) is 12.4. The van der Waals surface area contributed by atoms with Crippen molar-refractivity contribution in [2.75, 3.05) is 5.75 Å². The Morgan fingerprint density at radius 3 is 2.21 bits per heavy atom. The number of alkyl halides is 3. The predicted octanol–water partition coefficient (Wildman–Crippen LogP) is 4.72. The molecule has 0 bridgehead atoms. The number of sulfone groups is 1. The number of benzene rings is 1. The summed E-state index contributed by atoms with van der Waals surface area (Å²) in [4.78, 5) is 8.46. The number of aromatic nitrogens is 3. The van der Waals surface area contributed by atoms with Gasteiger partial charge in [0.15, 0.2) is 15.7 Å². The summed E-state index contributed by atoms with van der Waals surface area (Å²) < 4.78 is 65.9.